The van der Waals surface area contributed by atoms with Crippen LogP contribution in [0.15, 0.2) is 5.38 Å². The number of nitrogens with one attached hydrogen (secondary N) is 1. The minimum atomic E-state index is -0.160. The van der Waals surface area contributed by atoms with Gasteiger partial charge in [-0.2, -0.15) is 5.10 Å². The van der Waals surface area contributed by atoms with Gasteiger partial charge in [-0.1, -0.05) is 0 Å². The van der Waals surface area contributed by atoms with E-state index >= 15 is 0 Å². The van der Waals surface area contributed by atoms with E-state index in [-0.39, 0.29) is 18.3 Å². The number of aromatic nitrogens is 3. The van der Waals surface area contributed by atoms with Gasteiger partial charge < -0.3 is 11.1 Å². The predicted octanol–water partition coefficient (Wildman–Crippen LogP) is 1.35. The highest BCUT2D eigenvalue weighted by atomic mass is 35.5. The molecule has 0 radical (unpaired) electrons. The number of carbonyl (C=O) groups excluding carboxylic acids is 1. The molecule has 6 nitrogen and oxygen atoms in total. The molecular weight excluding hydrogens is 310 g/mol. The molecule has 8 heteroatoms. The second kappa shape index (κ2) is 7.53. The van der Waals surface area contributed by atoms with Gasteiger partial charge in [0.25, 0.3) is 5.91 Å². The van der Waals surface area contributed by atoms with Gasteiger partial charge in [0.1, 0.15) is 5.69 Å². The highest BCUT2D eigenvalue weighted by molar-refractivity contribution is 7.09. The summed E-state index contributed by atoms with van der Waals surface area (Å²) >= 11 is 1.47. The van der Waals surface area contributed by atoms with Crippen molar-refractivity contribution >= 4 is 29.7 Å². The lowest BCUT2D eigenvalue weighted by molar-refractivity contribution is 0.0946. The standard InChI is InChI=1S/C13H19N5OS.ClH/c1-8-10(9(2)18(3)17-8)6-15-13(19)11-7-20-12(16-11)4-5-14;/h7H,4-6,14H2,1-3H3,(H,15,19);1H. The average Bonchev–Trinajstić information content (AvgIpc) is 2.95. The van der Waals surface area contributed by atoms with E-state index in [2.05, 4.69) is 15.4 Å². The zero-order valence-electron chi connectivity index (χ0n) is 12.3. The van der Waals surface area contributed by atoms with Crippen LogP contribution in [0.4, 0.5) is 0 Å². The molecule has 0 aliphatic rings. The summed E-state index contributed by atoms with van der Waals surface area (Å²) < 4.78 is 1.82. The largest absolute Gasteiger partial charge is 0.346 e. The van der Waals surface area contributed by atoms with Crippen molar-refractivity contribution in [2.75, 3.05) is 6.54 Å². The monoisotopic (exact) mass is 329 g/mol. The van der Waals surface area contributed by atoms with Crippen molar-refractivity contribution in [2.24, 2.45) is 12.8 Å². The fourth-order valence-electron chi connectivity index (χ4n) is 1.99. The Kier molecular flexibility index (Phi) is 6.32. The fraction of sp³-hybridized carbons (Fsp3) is 0.462. The maximum absolute atomic E-state index is 12.0. The minimum Gasteiger partial charge on any atom is -0.346 e. The van der Waals surface area contributed by atoms with Gasteiger partial charge in [-0.15, -0.1) is 23.7 Å². The summed E-state index contributed by atoms with van der Waals surface area (Å²) in [5, 5.41) is 9.88. The molecule has 0 saturated heterocycles. The van der Waals surface area contributed by atoms with Crippen molar-refractivity contribution in [1.29, 1.82) is 0 Å². The van der Waals surface area contributed by atoms with Gasteiger partial charge in [-0.3, -0.25) is 9.48 Å². The molecule has 2 heterocycles. The van der Waals surface area contributed by atoms with Gasteiger partial charge in [0.05, 0.1) is 10.7 Å². The van der Waals surface area contributed by atoms with Gasteiger partial charge in [0.15, 0.2) is 0 Å². The number of rotatable bonds is 5. The van der Waals surface area contributed by atoms with Crippen molar-refractivity contribution in [3.63, 3.8) is 0 Å². The molecule has 0 atom stereocenters. The Bertz CT molecular complexity index is 622. The topological polar surface area (TPSA) is 85.8 Å². The number of halogens is 1. The number of amides is 1. The Hall–Kier alpha value is -1.44. The molecule has 0 aromatic carbocycles. The van der Waals surface area contributed by atoms with Crippen LogP contribution in [0.3, 0.4) is 0 Å². The first-order valence-corrected chi connectivity index (χ1v) is 7.32. The molecule has 0 aliphatic carbocycles. The summed E-state index contributed by atoms with van der Waals surface area (Å²) in [7, 11) is 1.90. The van der Waals surface area contributed by atoms with E-state index in [9.17, 15) is 4.79 Å². The third kappa shape index (κ3) is 4.03. The van der Waals surface area contributed by atoms with Gasteiger partial charge >= 0.3 is 0 Å². The summed E-state index contributed by atoms with van der Waals surface area (Å²) in [6, 6.07) is 0. The Labute approximate surface area is 134 Å². The normalized spacial score (nSPS) is 10.3. The number of aryl methyl sites for hydroxylation is 2. The summed E-state index contributed by atoms with van der Waals surface area (Å²) in [6.07, 6.45) is 0.707. The summed E-state index contributed by atoms with van der Waals surface area (Å²) in [5.74, 6) is -0.160. The first kappa shape index (κ1) is 17.6. The van der Waals surface area contributed by atoms with Gasteiger partial charge in [0.2, 0.25) is 0 Å². The Morgan fingerprint density at radius 2 is 2.19 bits per heavy atom. The predicted molar refractivity (Wildman–Crippen MR) is 86.0 cm³/mol. The fourth-order valence-corrected chi connectivity index (χ4v) is 2.78. The van der Waals surface area contributed by atoms with E-state index in [1.807, 2.05) is 25.6 Å². The molecule has 116 valence electrons. The molecule has 1 amide bonds. The van der Waals surface area contributed by atoms with Crippen molar-refractivity contribution in [3.05, 3.63) is 33.0 Å². The smallest absolute Gasteiger partial charge is 0.271 e. The highest BCUT2D eigenvalue weighted by Gasteiger charge is 2.13. The van der Waals surface area contributed by atoms with Gasteiger partial charge in [0, 0.05) is 36.7 Å². The van der Waals surface area contributed by atoms with Crippen LogP contribution in [0.2, 0.25) is 0 Å². The summed E-state index contributed by atoms with van der Waals surface area (Å²) in [6.45, 7) is 4.94. The van der Waals surface area contributed by atoms with Crippen LogP contribution in [0.25, 0.3) is 0 Å². The molecule has 3 N–H and O–H groups in total. The van der Waals surface area contributed by atoms with E-state index in [0.29, 0.717) is 25.2 Å². The SMILES string of the molecule is Cc1nn(C)c(C)c1CNC(=O)c1csc(CCN)n1.Cl. The zero-order valence-corrected chi connectivity index (χ0v) is 14.0. The molecule has 0 bridgehead atoms. The second-order valence-electron chi connectivity index (χ2n) is 4.62. The molecule has 0 aliphatic heterocycles. The number of carbonyl (C=O) groups is 1. The summed E-state index contributed by atoms with van der Waals surface area (Å²) in [4.78, 5) is 16.3. The molecule has 0 unspecified atom stereocenters. The van der Waals surface area contributed by atoms with Gasteiger partial charge in [-0.25, -0.2) is 4.98 Å². The molecule has 0 spiro atoms. The van der Waals surface area contributed by atoms with Crippen LogP contribution in [-0.4, -0.2) is 27.2 Å². The van der Waals surface area contributed by atoms with Crippen molar-refractivity contribution in [3.8, 4) is 0 Å². The number of hydrogen-bond acceptors (Lipinski definition) is 5. The quantitative estimate of drug-likeness (QED) is 0.867. The number of hydrogen-bond donors (Lipinski definition) is 2. The van der Waals surface area contributed by atoms with E-state index in [1.54, 1.807) is 5.38 Å². The lowest BCUT2D eigenvalue weighted by Gasteiger charge is -2.04. The van der Waals surface area contributed by atoms with Crippen molar-refractivity contribution in [1.82, 2.24) is 20.1 Å². The van der Waals surface area contributed by atoms with Crippen molar-refractivity contribution in [2.45, 2.75) is 26.8 Å². The summed E-state index contributed by atoms with van der Waals surface area (Å²) in [5.41, 5.74) is 8.98. The Balaban J connectivity index is 0.00000220. The highest BCUT2D eigenvalue weighted by Crippen LogP contribution is 2.13. The third-order valence-corrected chi connectivity index (χ3v) is 4.14. The lowest BCUT2D eigenvalue weighted by atomic mass is 10.2. The van der Waals surface area contributed by atoms with Crippen LogP contribution in [0.1, 0.15) is 32.4 Å². The molecule has 0 saturated carbocycles. The number of nitrogens with zero attached hydrogens (tertiary/aromatic N) is 3. The van der Waals surface area contributed by atoms with Crippen LogP contribution < -0.4 is 11.1 Å². The maximum Gasteiger partial charge on any atom is 0.271 e. The number of nitrogens with two attached hydrogens (primary N) is 1. The van der Waals surface area contributed by atoms with Crippen LogP contribution in [0, 0.1) is 13.8 Å². The second-order valence-corrected chi connectivity index (χ2v) is 5.56. The van der Waals surface area contributed by atoms with Crippen LogP contribution in [-0.2, 0) is 20.0 Å². The van der Waals surface area contributed by atoms with Crippen molar-refractivity contribution < 1.29 is 4.79 Å². The molecule has 0 fully saturated rings. The molecular formula is C13H20ClN5OS. The molecule has 2 rings (SSSR count). The minimum absolute atomic E-state index is 0. The first-order chi connectivity index (χ1) is 9.52. The van der Waals surface area contributed by atoms with E-state index < -0.39 is 0 Å². The molecule has 21 heavy (non-hydrogen) atoms. The van der Waals surface area contributed by atoms with Crippen LogP contribution in [0.5, 0.6) is 0 Å². The number of thiazole rings is 1. The Morgan fingerprint density at radius 1 is 1.48 bits per heavy atom. The van der Waals surface area contributed by atoms with Crippen LogP contribution >= 0.6 is 23.7 Å². The maximum atomic E-state index is 12.0. The third-order valence-electron chi connectivity index (χ3n) is 3.23. The van der Waals surface area contributed by atoms with E-state index in [1.165, 1.54) is 11.3 Å². The lowest BCUT2D eigenvalue weighted by Crippen LogP contribution is -2.23. The molecule has 2 aromatic heterocycles. The van der Waals surface area contributed by atoms with E-state index in [4.69, 9.17) is 5.73 Å². The average molecular weight is 330 g/mol. The van der Waals surface area contributed by atoms with E-state index in [0.717, 1.165) is 22.0 Å². The molecule has 2 aromatic rings. The first-order valence-electron chi connectivity index (χ1n) is 6.44. The van der Waals surface area contributed by atoms with Gasteiger partial charge in [-0.05, 0) is 20.4 Å². The Morgan fingerprint density at radius 3 is 2.76 bits per heavy atom. The zero-order chi connectivity index (χ0) is 14.7.